The van der Waals surface area contributed by atoms with Crippen LogP contribution in [0.15, 0.2) is 176 Å². The number of anilines is 6. The number of rotatable bonds is 9. The van der Waals surface area contributed by atoms with Crippen LogP contribution < -0.4 is 9.80 Å². The van der Waals surface area contributed by atoms with Gasteiger partial charge < -0.3 is 9.80 Å². The minimum atomic E-state index is 0.243. The van der Waals surface area contributed by atoms with Crippen molar-refractivity contribution in [2.45, 2.75) is 50.9 Å². The van der Waals surface area contributed by atoms with Crippen molar-refractivity contribution in [3.63, 3.8) is 0 Å². The van der Waals surface area contributed by atoms with E-state index in [-0.39, 0.29) is 5.92 Å². The van der Waals surface area contributed by atoms with Crippen LogP contribution >= 0.6 is 11.3 Å². The van der Waals surface area contributed by atoms with E-state index in [0.29, 0.717) is 5.92 Å². The fourth-order valence-corrected chi connectivity index (χ4v) is 9.45. The smallest absolute Gasteiger partial charge is 0.0554 e. The monoisotopic (exact) mass is 704 g/mol. The van der Waals surface area contributed by atoms with Crippen LogP contribution in [0.5, 0.6) is 0 Å². The maximum absolute atomic E-state index is 2.47. The van der Waals surface area contributed by atoms with Crippen molar-refractivity contribution in [2.75, 3.05) is 9.80 Å². The second-order valence-corrected chi connectivity index (χ2v) is 15.5. The van der Waals surface area contributed by atoms with Crippen molar-refractivity contribution in [2.24, 2.45) is 0 Å². The number of para-hydroxylation sites is 2. The SMILES string of the molecule is CC(c1ccc(N(c2ccccc2)c2ccccc2)cc1)c1ccc(N(c2ccc(C3CCCCC3)cc2)c2cccc3sc4ccccc4c23)cc1. The molecule has 0 spiro atoms. The molecule has 7 aromatic carbocycles. The molecule has 8 aromatic rings. The van der Waals surface area contributed by atoms with Gasteiger partial charge in [-0.1, -0.05) is 123 Å². The molecule has 1 aromatic heterocycles. The van der Waals surface area contributed by atoms with E-state index in [1.165, 1.54) is 86.0 Å². The number of thiophene rings is 1. The van der Waals surface area contributed by atoms with Gasteiger partial charge in [-0.15, -0.1) is 11.3 Å². The summed E-state index contributed by atoms with van der Waals surface area (Å²) in [4.78, 5) is 4.79. The van der Waals surface area contributed by atoms with Gasteiger partial charge in [-0.2, -0.15) is 0 Å². The first-order chi connectivity index (χ1) is 26.2. The predicted molar refractivity (Wildman–Crippen MR) is 228 cm³/mol. The van der Waals surface area contributed by atoms with Gasteiger partial charge in [-0.05, 0) is 114 Å². The van der Waals surface area contributed by atoms with Gasteiger partial charge in [0.2, 0.25) is 0 Å². The van der Waals surface area contributed by atoms with Crippen molar-refractivity contribution >= 4 is 65.6 Å². The van der Waals surface area contributed by atoms with Crippen LogP contribution in [0.25, 0.3) is 20.2 Å². The highest BCUT2D eigenvalue weighted by molar-refractivity contribution is 7.26. The molecule has 0 radical (unpaired) electrons. The largest absolute Gasteiger partial charge is 0.311 e. The molecule has 1 aliphatic rings. The Morgan fingerprint density at radius 1 is 0.453 bits per heavy atom. The second kappa shape index (κ2) is 14.8. The van der Waals surface area contributed by atoms with E-state index >= 15 is 0 Å². The molecule has 1 unspecified atom stereocenters. The van der Waals surface area contributed by atoms with Gasteiger partial charge in [0.1, 0.15) is 0 Å². The van der Waals surface area contributed by atoms with Crippen LogP contribution in [0, 0.1) is 0 Å². The van der Waals surface area contributed by atoms with Gasteiger partial charge in [0.25, 0.3) is 0 Å². The summed E-state index contributed by atoms with van der Waals surface area (Å²) in [5.41, 5.74) is 11.1. The Kier molecular flexibility index (Phi) is 9.26. The zero-order valence-electron chi connectivity index (χ0n) is 30.2. The molecule has 0 N–H and O–H groups in total. The Bertz CT molecular complexity index is 2390. The highest BCUT2D eigenvalue weighted by Crippen LogP contribution is 2.45. The fraction of sp³-hybridized carbons (Fsp3) is 0.160. The lowest BCUT2D eigenvalue weighted by Gasteiger charge is -2.28. The lowest BCUT2D eigenvalue weighted by atomic mass is 9.84. The molecule has 0 saturated heterocycles. The summed E-state index contributed by atoms with van der Waals surface area (Å²) in [6.07, 6.45) is 6.69. The summed E-state index contributed by atoms with van der Waals surface area (Å²) in [6, 6.07) is 64.7. The van der Waals surface area contributed by atoms with Crippen molar-refractivity contribution in [1.82, 2.24) is 0 Å². The standard InChI is InChI=1S/C50H44N2S/c1-36(37-24-30-43(31-25-37)51(41-16-7-3-8-17-41)42-18-9-4-10-19-42)38-26-32-44(33-27-38)52(45-34-28-40(29-35-45)39-14-5-2-6-15-39)47-21-13-23-49-50(47)46-20-11-12-22-48(46)53-49/h3-4,7-13,16-36,39H,2,5-6,14-15H2,1H3. The summed E-state index contributed by atoms with van der Waals surface area (Å²) in [5.74, 6) is 0.928. The van der Waals surface area contributed by atoms with E-state index in [4.69, 9.17) is 0 Å². The van der Waals surface area contributed by atoms with E-state index in [9.17, 15) is 0 Å². The van der Waals surface area contributed by atoms with Crippen LogP contribution in [0.2, 0.25) is 0 Å². The van der Waals surface area contributed by atoms with Crippen LogP contribution in [-0.4, -0.2) is 0 Å². The number of nitrogens with zero attached hydrogens (tertiary/aromatic N) is 2. The van der Waals surface area contributed by atoms with Gasteiger partial charge in [0.05, 0.1) is 5.69 Å². The van der Waals surface area contributed by atoms with E-state index in [0.717, 1.165) is 17.1 Å². The molecule has 0 aliphatic heterocycles. The lowest BCUT2D eigenvalue weighted by molar-refractivity contribution is 0.443. The molecule has 1 atom stereocenters. The third-order valence-electron chi connectivity index (χ3n) is 11.2. The molecular formula is C50H44N2S. The van der Waals surface area contributed by atoms with Crippen molar-refractivity contribution in [3.05, 3.63) is 193 Å². The van der Waals surface area contributed by atoms with Crippen LogP contribution in [0.3, 0.4) is 0 Å². The number of hydrogen-bond acceptors (Lipinski definition) is 3. The van der Waals surface area contributed by atoms with Crippen LogP contribution in [-0.2, 0) is 0 Å². The molecule has 1 saturated carbocycles. The van der Waals surface area contributed by atoms with E-state index < -0.39 is 0 Å². The minimum Gasteiger partial charge on any atom is -0.311 e. The van der Waals surface area contributed by atoms with Crippen molar-refractivity contribution < 1.29 is 0 Å². The summed E-state index contributed by atoms with van der Waals surface area (Å²) >= 11 is 1.88. The van der Waals surface area contributed by atoms with E-state index in [1.54, 1.807) is 0 Å². The summed E-state index contributed by atoms with van der Waals surface area (Å²) in [5, 5.41) is 2.64. The first kappa shape index (κ1) is 33.2. The lowest BCUT2D eigenvalue weighted by Crippen LogP contribution is -2.11. The molecule has 9 rings (SSSR count). The average molecular weight is 705 g/mol. The molecule has 1 heterocycles. The molecule has 53 heavy (non-hydrogen) atoms. The Labute approximate surface area is 317 Å². The average Bonchev–Trinajstić information content (AvgIpc) is 3.62. The Morgan fingerprint density at radius 2 is 0.943 bits per heavy atom. The molecule has 1 aliphatic carbocycles. The zero-order chi connectivity index (χ0) is 35.6. The van der Waals surface area contributed by atoms with Crippen LogP contribution in [0.1, 0.15) is 67.6 Å². The Hall–Kier alpha value is -5.64. The topological polar surface area (TPSA) is 6.48 Å². The number of hydrogen-bond donors (Lipinski definition) is 0. The van der Waals surface area contributed by atoms with E-state index in [1.807, 2.05) is 11.3 Å². The first-order valence-corrected chi connectivity index (χ1v) is 19.9. The van der Waals surface area contributed by atoms with E-state index in [2.05, 4.69) is 193 Å². The van der Waals surface area contributed by atoms with Crippen LogP contribution in [0.4, 0.5) is 34.1 Å². The molecule has 0 amide bonds. The molecular weight excluding hydrogens is 661 g/mol. The van der Waals surface area contributed by atoms with Gasteiger partial charge in [-0.3, -0.25) is 0 Å². The highest BCUT2D eigenvalue weighted by atomic mass is 32.1. The zero-order valence-corrected chi connectivity index (χ0v) is 31.1. The second-order valence-electron chi connectivity index (χ2n) is 14.4. The minimum absolute atomic E-state index is 0.243. The summed E-state index contributed by atoms with van der Waals surface area (Å²) in [7, 11) is 0. The normalized spacial score (nSPS) is 14.0. The third kappa shape index (κ3) is 6.62. The van der Waals surface area contributed by atoms with Gasteiger partial charge in [0, 0.05) is 54.5 Å². The van der Waals surface area contributed by atoms with Gasteiger partial charge in [-0.25, -0.2) is 0 Å². The van der Waals surface area contributed by atoms with Crippen molar-refractivity contribution in [3.8, 4) is 0 Å². The number of fused-ring (bicyclic) bond motifs is 3. The highest BCUT2D eigenvalue weighted by Gasteiger charge is 2.21. The first-order valence-electron chi connectivity index (χ1n) is 19.1. The maximum Gasteiger partial charge on any atom is 0.0554 e. The third-order valence-corrected chi connectivity index (χ3v) is 12.3. The van der Waals surface area contributed by atoms with Gasteiger partial charge in [0.15, 0.2) is 0 Å². The Balaban J connectivity index is 1.05. The molecule has 260 valence electrons. The molecule has 3 heteroatoms. The fourth-order valence-electron chi connectivity index (χ4n) is 8.32. The Morgan fingerprint density at radius 3 is 1.55 bits per heavy atom. The van der Waals surface area contributed by atoms with Gasteiger partial charge >= 0.3 is 0 Å². The molecule has 1 fully saturated rings. The predicted octanol–water partition coefficient (Wildman–Crippen LogP) is 15.2. The number of benzene rings is 7. The molecule has 2 nitrogen and oxygen atoms in total. The summed E-state index contributed by atoms with van der Waals surface area (Å²) < 4.78 is 2.65. The molecule has 0 bridgehead atoms. The van der Waals surface area contributed by atoms with Crippen molar-refractivity contribution in [1.29, 1.82) is 0 Å². The maximum atomic E-state index is 2.47. The summed E-state index contributed by atoms with van der Waals surface area (Å²) in [6.45, 7) is 2.32. The quantitative estimate of drug-likeness (QED) is 0.148.